The van der Waals surface area contributed by atoms with Gasteiger partial charge in [-0.15, -0.1) is 0 Å². The van der Waals surface area contributed by atoms with Crippen LogP contribution in [0.1, 0.15) is 69.9 Å². The number of rotatable bonds is 61. The first-order valence-corrected chi connectivity index (χ1v) is 47.0. The fourth-order valence-electron chi connectivity index (χ4n) is 13.3. The highest BCUT2D eigenvalue weighted by Gasteiger charge is 2.30. The lowest BCUT2D eigenvalue weighted by atomic mass is 9.90. The number of Topliss-reactive ketones (excluding diaryl/α,β-unsaturated/α-hetero) is 2. The van der Waals surface area contributed by atoms with E-state index in [2.05, 4.69) is 58.1 Å². The second kappa shape index (κ2) is 77.8. The van der Waals surface area contributed by atoms with E-state index in [1.54, 1.807) is 59.5 Å². The van der Waals surface area contributed by atoms with Gasteiger partial charge in [-0.3, -0.25) is 86.6 Å². The summed E-state index contributed by atoms with van der Waals surface area (Å²) in [6.07, 6.45) is 5.60. The molecule has 1 saturated carbocycles. The van der Waals surface area contributed by atoms with Crippen molar-refractivity contribution in [3.63, 3.8) is 0 Å². The number of ketones is 2. The van der Waals surface area contributed by atoms with Gasteiger partial charge in [0, 0.05) is 89.2 Å². The normalized spacial score (nSPS) is 16.8. The second-order valence-corrected chi connectivity index (χ2v) is 31.6. The summed E-state index contributed by atoms with van der Waals surface area (Å²) in [5.41, 5.74) is 1.47. The molecule has 46 nitrogen and oxygen atoms in total. The Hall–Kier alpha value is -9.93. The molecule has 1 saturated heterocycles. The summed E-state index contributed by atoms with van der Waals surface area (Å²) in [5, 5.41) is 25.6. The summed E-state index contributed by atoms with van der Waals surface area (Å²) in [4.78, 5) is 195. The van der Waals surface area contributed by atoms with Crippen LogP contribution in [0, 0.1) is 0 Å². The smallest absolute Gasteiger partial charge is 0.253 e. The first-order chi connectivity index (χ1) is 67.1. The molecule has 13 amide bonds. The Morgan fingerprint density at radius 1 is 0.362 bits per heavy atom. The van der Waals surface area contributed by atoms with Crippen molar-refractivity contribution in [1.82, 2.24) is 72.8 Å². The van der Waals surface area contributed by atoms with Gasteiger partial charge >= 0.3 is 0 Å². The zero-order valence-corrected chi connectivity index (χ0v) is 79.9. The Kier molecular flexibility index (Phi) is 66.9. The van der Waals surface area contributed by atoms with E-state index in [-0.39, 0.29) is 178 Å². The maximum atomic E-state index is 13.8. The highest BCUT2D eigenvalue weighted by molar-refractivity contribution is 6.13. The number of ether oxygens (including phenoxy) is 17. The number of carbonyl (C=O) groups excluding carboxylic acids is 15. The summed E-state index contributed by atoms with van der Waals surface area (Å²) in [5.74, 6) is -6.90. The van der Waals surface area contributed by atoms with Gasteiger partial charge in [0.15, 0.2) is 5.78 Å². The van der Waals surface area contributed by atoms with Gasteiger partial charge in [-0.05, 0) is 50.7 Å². The molecular weight excluding hydrogens is 1810 g/mol. The SMILES string of the molecule is CC(=O)CNC(=O)[C@H](Cc1ccccc1)NC(=O)CNC(=O)CNC(=O)CCOCCOCCN(CCOCCOCCC(=O)NCC(=O)NCC(=O)N[C@@H](Cc1ccccc1)C(=O)NCC(=O)NCOCC(C)=O)C1CCC(NC(=O)CN2CCOCCOCCOCCOCCN(C(=O)CCOCCOCCOCCOCCN3C(=O)C=CC3=O)CCOCCOCCOCCOCC2)CC1. The molecule has 138 heavy (non-hydrogen) atoms. The number of amides is 13. The molecule has 0 aromatic heterocycles. The Morgan fingerprint density at radius 2 is 0.717 bits per heavy atom. The van der Waals surface area contributed by atoms with E-state index in [1.807, 2.05) is 11.0 Å². The van der Waals surface area contributed by atoms with Crippen LogP contribution in [0.4, 0.5) is 0 Å². The van der Waals surface area contributed by atoms with Crippen molar-refractivity contribution >= 4 is 88.4 Å². The van der Waals surface area contributed by atoms with Gasteiger partial charge in [0.05, 0.1) is 270 Å². The van der Waals surface area contributed by atoms with Crippen molar-refractivity contribution in [3.05, 3.63) is 83.9 Å². The third kappa shape index (κ3) is 61.5. The number of benzene rings is 2. The largest absolute Gasteiger partial charge is 0.379 e. The lowest BCUT2D eigenvalue weighted by Crippen LogP contribution is -2.52. The van der Waals surface area contributed by atoms with Crippen LogP contribution in [0.5, 0.6) is 0 Å². The predicted molar refractivity (Wildman–Crippen MR) is 494 cm³/mol. The van der Waals surface area contributed by atoms with Gasteiger partial charge in [0.1, 0.15) is 31.2 Å². The van der Waals surface area contributed by atoms with Gasteiger partial charge in [-0.2, -0.15) is 0 Å². The van der Waals surface area contributed by atoms with Crippen LogP contribution in [0.15, 0.2) is 72.8 Å². The Labute approximate surface area is 806 Å². The van der Waals surface area contributed by atoms with Crippen molar-refractivity contribution in [2.75, 3.05) is 316 Å². The molecule has 2 heterocycles. The summed E-state index contributed by atoms with van der Waals surface area (Å²) in [6, 6.07) is 15.6. The van der Waals surface area contributed by atoms with Gasteiger partial charge in [0.2, 0.25) is 65.0 Å². The van der Waals surface area contributed by atoms with Gasteiger partial charge < -0.3 is 139 Å². The topological polar surface area (TPSA) is 546 Å². The molecule has 2 aromatic rings. The number of imide groups is 1. The molecule has 3 aliphatic rings. The molecule has 2 fully saturated rings. The maximum absolute atomic E-state index is 13.8. The maximum Gasteiger partial charge on any atom is 0.253 e. The molecular formula is C92H146N14O32. The van der Waals surface area contributed by atoms with Crippen LogP contribution in [-0.4, -0.2) is 449 Å². The fourth-order valence-corrected chi connectivity index (χ4v) is 13.3. The standard InChI is InChI=1S/C92H146N14O32/c1-72(107)63-97-91(120)78(61-74-9-5-3-6-10-74)101-85(114)67-95-82(111)64-93-80(109)19-29-122-39-42-127-34-24-104(25-35-128-43-40-123-30-20-81(110)94-65-83(112)96-68-86(115)102-79(62-75-11-7-4-8-12-75)92(121)98-66-84(113)99-71-138-70-73(2)108)77-15-13-76(14-16-77)100-87(116)69-103-22-32-125-44-50-133-57-59-135-52-46-129-36-26-105(27-37-130-47-53-136-60-58-134-51-45-126-33-23-103)88(117)21-31-124-41-49-132-55-56-137-54-48-131-38-28-106-89(118)17-18-90(106)119/h3-12,17-18,76-79H,13-16,19-71H2,1-2H3,(H,93,109)(H,94,110)(H,95,111)(H,96,112)(H,97,120)(H,98,121)(H,99,113)(H,100,116)(H,101,114)(H,102,115)/t76?,77?,78-,79-/m0/s1. The third-order valence-electron chi connectivity index (χ3n) is 20.6. The molecule has 2 aliphatic heterocycles. The van der Waals surface area contributed by atoms with Gasteiger partial charge in [-0.1, -0.05) is 60.7 Å². The molecule has 46 heteroatoms. The Bertz CT molecular complexity index is 3790. The van der Waals surface area contributed by atoms with E-state index in [4.69, 9.17) is 80.5 Å². The van der Waals surface area contributed by atoms with E-state index in [0.29, 0.717) is 203 Å². The highest BCUT2D eigenvalue weighted by Crippen LogP contribution is 2.24. The van der Waals surface area contributed by atoms with Gasteiger partial charge in [-0.25, -0.2) is 0 Å². The van der Waals surface area contributed by atoms with Crippen molar-refractivity contribution in [2.45, 2.75) is 95.8 Å². The minimum atomic E-state index is -1.12. The van der Waals surface area contributed by atoms with E-state index in [1.165, 1.54) is 26.0 Å². The number of hydrogen-bond acceptors (Lipinski definition) is 34. The van der Waals surface area contributed by atoms with E-state index in [0.717, 1.165) is 23.3 Å². The van der Waals surface area contributed by atoms with Crippen LogP contribution in [0.3, 0.4) is 0 Å². The average molecular weight is 1960 g/mol. The quantitative estimate of drug-likeness (QED) is 0.0170. The van der Waals surface area contributed by atoms with Crippen LogP contribution < -0.4 is 53.2 Å². The second-order valence-electron chi connectivity index (χ2n) is 31.6. The number of hydrogen-bond donors (Lipinski definition) is 10. The monoisotopic (exact) mass is 1960 g/mol. The number of nitrogens with zero attached hydrogens (tertiary/aromatic N) is 4. The number of carbonyl (C=O) groups is 15. The van der Waals surface area contributed by atoms with E-state index >= 15 is 0 Å². The van der Waals surface area contributed by atoms with Crippen molar-refractivity contribution in [3.8, 4) is 0 Å². The van der Waals surface area contributed by atoms with Crippen LogP contribution in [-0.2, 0) is 165 Å². The molecule has 5 rings (SSSR count). The minimum absolute atomic E-state index is 0.0157. The molecule has 10 N–H and O–H groups in total. The molecule has 1 aliphatic carbocycles. The predicted octanol–water partition coefficient (Wildman–Crippen LogP) is -4.36. The lowest BCUT2D eigenvalue weighted by Gasteiger charge is -2.37. The molecule has 0 unspecified atom stereocenters. The highest BCUT2D eigenvalue weighted by atomic mass is 16.6. The molecule has 0 radical (unpaired) electrons. The molecule has 0 spiro atoms. The molecule has 2 aromatic carbocycles. The number of nitrogens with one attached hydrogen (secondary N) is 10. The summed E-state index contributed by atoms with van der Waals surface area (Å²) >= 11 is 0. The van der Waals surface area contributed by atoms with E-state index < -0.39 is 98.0 Å². The third-order valence-corrected chi connectivity index (χ3v) is 20.6. The zero-order chi connectivity index (χ0) is 99.3. The molecule has 2 atom stereocenters. The lowest BCUT2D eigenvalue weighted by molar-refractivity contribution is -0.138. The fraction of sp³-hybridized carbons (Fsp3) is 0.685. The zero-order valence-electron chi connectivity index (χ0n) is 79.9. The Morgan fingerprint density at radius 3 is 1.14 bits per heavy atom. The van der Waals surface area contributed by atoms with Crippen LogP contribution >= 0.6 is 0 Å². The van der Waals surface area contributed by atoms with Crippen molar-refractivity contribution in [2.24, 2.45) is 0 Å². The van der Waals surface area contributed by atoms with Crippen LogP contribution in [0.25, 0.3) is 0 Å². The summed E-state index contributed by atoms with van der Waals surface area (Å²) < 4.78 is 97.0. The molecule has 0 bridgehead atoms. The van der Waals surface area contributed by atoms with Crippen molar-refractivity contribution in [1.29, 1.82) is 0 Å². The van der Waals surface area contributed by atoms with Crippen LogP contribution in [0.2, 0.25) is 0 Å². The first kappa shape index (κ1) is 119. The average Bonchev–Trinajstić information content (AvgIpc) is 1.77. The van der Waals surface area contributed by atoms with Crippen molar-refractivity contribution < 1.29 is 152 Å². The molecule has 776 valence electrons. The van der Waals surface area contributed by atoms with E-state index in [9.17, 15) is 71.9 Å². The summed E-state index contributed by atoms with van der Waals surface area (Å²) in [7, 11) is 0. The minimum Gasteiger partial charge on any atom is -0.379 e. The summed E-state index contributed by atoms with van der Waals surface area (Å²) in [6.45, 7) is 11.5. The van der Waals surface area contributed by atoms with Gasteiger partial charge in [0.25, 0.3) is 11.8 Å². The first-order valence-electron chi connectivity index (χ1n) is 47.0. The Balaban J connectivity index is 1.00.